The minimum absolute atomic E-state index is 1.10. The van der Waals surface area contributed by atoms with Crippen LogP contribution in [0.25, 0.3) is 87.6 Å². The summed E-state index contributed by atoms with van der Waals surface area (Å²) >= 11 is 0. The van der Waals surface area contributed by atoms with Gasteiger partial charge in [-0.05, 0) is 125 Å². The highest BCUT2D eigenvalue weighted by Gasteiger charge is 2.19. The molecule has 0 aliphatic rings. The van der Waals surface area contributed by atoms with Crippen molar-refractivity contribution in [3.8, 4) is 44.5 Å². The van der Waals surface area contributed by atoms with E-state index in [1.807, 2.05) is 0 Å². The summed E-state index contributed by atoms with van der Waals surface area (Å²) < 4.78 is 0. The second-order valence-electron chi connectivity index (χ2n) is 15.3. The minimum Gasteiger partial charge on any atom is -0.310 e. The van der Waals surface area contributed by atoms with Crippen LogP contribution < -0.4 is 4.90 Å². The molecule has 11 rings (SSSR count). The third kappa shape index (κ3) is 6.21. The second-order valence-corrected chi connectivity index (χ2v) is 15.3. The van der Waals surface area contributed by atoms with Gasteiger partial charge in [0.1, 0.15) is 0 Å². The van der Waals surface area contributed by atoms with E-state index in [-0.39, 0.29) is 0 Å². The van der Waals surface area contributed by atoms with Crippen molar-refractivity contribution in [2.75, 3.05) is 4.90 Å². The lowest BCUT2D eigenvalue weighted by Gasteiger charge is -2.27. The molecule has 0 aliphatic heterocycles. The van der Waals surface area contributed by atoms with E-state index in [1.54, 1.807) is 0 Å². The van der Waals surface area contributed by atoms with Gasteiger partial charge in [-0.25, -0.2) is 0 Å². The molecule has 0 bridgehead atoms. The van der Waals surface area contributed by atoms with Crippen molar-refractivity contribution in [3.05, 3.63) is 237 Å². The molecule has 59 heavy (non-hydrogen) atoms. The molecular weight excluding hydrogens is 711 g/mol. The summed E-state index contributed by atoms with van der Waals surface area (Å²) in [6.45, 7) is 0. The number of fused-ring (bicyclic) bond motifs is 5. The zero-order valence-corrected chi connectivity index (χ0v) is 32.5. The van der Waals surface area contributed by atoms with Crippen LogP contribution in [-0.4, -0.2) is 0 Å². The van der Waals surface area contributed by atoms with E-state index in [4.69, 9.17) is 0 Å². The Hall–Kier alpha value is -7.74. The van der Waals surface area contributed by atoms with Crippen molar-refractivity contribution < 1.29 is 0 Å². The zero-order valence-electron chi connectivity index (χ0n) is 32.5. The highest BCUT2D eigenvalue weighted by atomic mass is 15.1. The van der Waals surface area contributed by atoms with Crippen LogP contribution in [0.4, 0.5) is 17.1 Å². The topological polar surface area (TPSA) is 3.24 Å². The maximum Gasteiger partial charge on any atom is 0.0540 e. The molecule has 276 valence electrons. The molecule has 0 aliphatic carbocycles. The molecule has 0 atom stereocenters. The lowest BCUT2D eigenvalue weighted by molar-refractivity contribution is 1.30. The summed E-state index contributed by atoms with van der Waals surface area (Å²) in [5, 5.41) is 9.96. The molecule has 11 aromatic carbocycles. The Kier molecular flexibility index (Phi) is 8.56. The van der Waals surface area contributed by atoms with Crippen molar-refractivity contribution in [2.45, 2.75) is 0 Å². The van der Waals surface area contributed by atoms with E-state index in [0.717, 1.165) is 17.1 Å². The van der Waals surface area contributed by atoms with Crippen LogP contribution in [0.15, 0.2) is 237 Å². The fourth-order valence-electron chi connectivity index (χ4n) is 8.99. The zero-order chi connectivity index (χ0) is 39.1. The predicted molar refractivity (Wildman–Crippen MR) is 253 cm³/mol. The normalized spacial score (nSPS) is 11.4. The Morgan fingerprint density at radius 2 is 0.678 bits per heavy atom. The SMILES string of the molecule is c1ccc(-c2c(-c3ccccc3)c3cc(-c4ccc(N(c5ccc(-c6ccc7ccccc7c6)cc5)c5cccc6ccccc56)cc4)ccc3c3ccccc23)cc1. The summed E-state index contributed by atoms with van der Waals surface area (Å²) in [5.41, 5.74) is 13.1. The average Bonchev–Trinajstić information content (AvgIpc) is 3.32. The highest BCUT2D eigenvalue weighted by molar-refractivity contribution is 6.22. The van der Waals surface area contributed by atoms with Crippen molar-refractivity contribution >= 4 is 60.2 Å². The van der Waals surface area contributed by atoms with E-state index in [2.05, 4.69) is 241 Å². The third-order valence-corrected chi connectivity index (χ3v) is 11.8. The monoisotopic (exact) mass is 749 g/mol. The molecule has 0 saturated carbocycles. The molecule has 11 aromatic rings. The van der Waals surface area contributed by atoms with Gasteiger partial charge in [0.15, 0.2) is 0 Å². The van der Waals surface area contributed by atoms with Crippen molar-refractivity contribution in [1.29, 1.82) is 0 Å². The summed E-state index contributed by atoms with van der Waals surface area (Å²) in [5.74, 6) is 0. The fraction of sp³-hybridized carbons (Fsp3) is 0. The van der Waals surface area contributed by atoms with E-state index >= 15 is 0 Å². The second kappa shape index (κ2) is 14.6. The van der Waals surface area contributed by atoms with Crippen molar-refractivity contribution in [1.82, 2.24) is 0 Å². The quantitative estimate of drug-likeness (QED) is 0.147. The van der Waals surface area contributed by atoms with Crippen LogP contribution in [0, 0.1) is 0 Å². The van der Waals surface area contributed by atoms with Gasteiger partial charge in [0.05, 0.1) is 5.69 Å². The number of anilines is 3. The van der Waals surface area contributed by atoms with Crippen LogP contribution in [0.2, 0.25) is 0 Å². The molecule has 0 aromatic heterocycles. The van der Waals surface area contributed by atoms with Crippen LogP contribution in [-0.2, 0) is 0 Å². The first kappa shape index (κ1) is 34.5. The molecule has 0 saturated heterocycles. The molecule has 0 amide bonds. The minimum atomic E-state index is 1.10. The summed E-state index contributed by atoms with van der Waals surface area (Å²) in [7, 11) is 0. The summed E-state index contributed by atoms with van der Waals surface area (Å²) in [6, 6.07) is 86.2. The first-order chi connectivity index (χ1) is 29.3. The highest BCUT2D eigenvalue weighted by Crippen LogP contribution is 2.46. The fourth-order valence-corrected chi connectivity index (χ4v) is 8.99. The standard InChI is InChI=1S/C58H39N/c1-3-16-44(17-4-1)57-54-24-12-11-23-52(54)53-37-32-48(39-55(53)58(57)45-18-5-2-6-19-45)42-30-35-50(36-31-42)59(56-25-13-21-43-15-9-10-22-51(43)56)49-33-28-41(29-34-49)47-27-26-40-14-7-8-20-46(40)38-47/h1-39H. The average molecular weight is 750 g/mol. The van der Waals surface area contributed by atoms with Crippen LogP contribution in [0.3, 0.4) is 0 Å². The van der Waals surface area contributed by atoms with Gasteiger partial charge in [-0.2, -0.15) is 0 Å². The van der Waals surface area contributed by atoms with Gasteiger partial charge in [0.2, 0.25) is 0 Å². The van der Waals surface area contributed by atoms with Crippen LogP contribution in [0.5, 0.6) is 0 Å². The Balaban J connectivity index is 1.04. The molecule has 0 spiro atoms. The van der Waals surface area contributed by atoms with Gasteiger partial charge < -0.3 is 4.90 Å². The largest absolute Gasteiger partial charge is 0.310 e. The number of nitrogens with zero attached hydrogens (tertiary/aromatic N) is 1. The first-order valence-corrected chi connectivity index (χ1v) is 20.3. The number of rotatable bonds is 7. The Labute approximate surface area is 344 Å². The number of benzene rings is 11. The van der Waals surface area contributed by atoms with E-state index < -0.39 is 0 Å². The molecule has 0 unspecified atom stereocenters. The third-order valence-electron chi connectivity index (χ3n) is 11.8. The lowest BCUT2D eigenvalue weighted by atomic mass is 9.84. The molecular formula is C58H39N. The Morgan fingerprint density at radius 1 is 0.220 bits per heavy atom. The van der Waals surface area contributed by atoms with Crippen molar-refractivity contribution in [2.24, 2.45) is 0 Å². The van der Waals surface area contributed by atoms with Gasteiger partial charge in [-0.15, -0.1) is 0 Å². The van der Waals surface area contributed by atoms with E-state index in [9.17, 15) is 0 Å². The van der Waals surface area contributed by atoms with Gasteiger partial charge in [0.25, 0.3) is 0 Å². The molecule has 0 fully saturated rings. The number of hydrogen-bond donors (Lipinski definition) is 0. The van der Waals surface area contributed by atoms with E-state index in [1.165, 1.54) is 87.6 Å². The van der Waals surface area contributed by atoms with Gasteiger partial charge in [-0.3, -0.25) is 0 Å². The Bertz CT molecular complexity index is 3290. The molecule has 0 heterocycles. The molecule has 1 heteroatoms. The number of hydrogen-bond acceptors (Lipinski definition) is 1. The summed E-state index contributed by atoms with van der Waals surface area (Å²) in [4.78, 5) is 2.39. The first-order valence-electron chi connectivity index (χ1n) is 20.3. The smallest absolute Gasteiger partial charge is 0.0540 e. The molecule has 0 radical (unpaired) electrons. The summed E-state index contributed by atoms with van der Waals surface area (Å²) in [6.07, 6.45) is 0. The van der Waals surface area contributed by atoms with Gasteiger partial charge in [-0.1, -0.05) is 194 Å². The Morgan fingerprint density at radius 3 is 1.34 bits per heavy atom. The predicted octanol–water partition coefficient (Wildman–Crippen LogP) is 16.4. The van der Waals surface area contributed by atoms with Crippen molar-refractivity contribution in [3.63, 3.8) is 0 Å². The van der Waals surface area contributed by atoms with Gasteiger partial charge in [0, 0.05) is 16.8 Å². The molecule has 0 N–H and O–H groups in total. The van der Waals surface area contributed by atoms with E-state index in [0.29, 0.717) is 0 Å². The maximum atomic E-state index is 2.40. The lowest BCUT2D eigenvalue weighted by Crippen LogP contribution is -2.10. The van der Waals surface area contributed by atoms with Gasteiger partial charge >= 0.3 is 0 Å². The van der Waals surface area contributed by atoms with Crippen LogP contribution >= 0.6 is 0 Å². The molecule has 1 nitrogen and oxygen atoms in total. The van der Waals surface area contributed by atoms with Crippen LogP contribution in [0.1, 0.15) is 0 Å². The maximum absolute atomic E-state index is 2.40.